The Hall–Kier alpha value is -2.73. The quantitative estimate of drug-likeness (QED) is 0.674. The van der Waals surface area contributed by atoms with Gasteiger partial charge in [0.05, 0.1) is 16.6 Å². The van der Waals surface area contributed by atoms with E-state index >= 15 is 0 Å². The highest BCUT2D eigenvalue weighted by atomic mass is 32.1. The van der Waals surface area contributed by atoms with Crippen molar-refractivity contribution < 1.29 is 4.79 Å². The van der Waals surface area contributed by atoms with Crippen molar-refractivity contribution in [3.8, 4) is 5.69 Å². The van der Waals surface area contributed by atoms with Crippen molar-refractivity contribution in [2.75, 3.05) is 6.54 Å². The van der Waals surface area contributed by atoms with Crippen molar-refractivity contribution in [3.63, 3.8) is 0 Å². The fraction of sp³-hybridized carbons (Fsp3) is 0.250. The summed E-state index contributed by atoms with van der Waals surface area (Å²) < 4.78 is 1.76. The molecule has 3 rings (SSSR count). The van der Waals surface area contributed by atoms with Crippen LogP contribution in [-0.2, 0) is 0 Å². The second kappa shape index (κ2) is 7.66. The van der Waals surface area contributed by atoms with Gasteiger partial charge < -0.3 is 10.3 Å². The molecule has 0 unspecified atom stereocenters. The van der Waals surface area contributed by atoms with Gasteiger partial charge >= 0.3 is 0 Å². The molecule has 26 heavy (non-hydrogen) atoms. The topological polar surface area (TPSA) is 66.9 Å². The van der Waals surface area contributed by atoms with E-state index in [1.165, 1.54) is 4.57 Å². The summed E-state index contributed by atoms with van der Waals surface area (Å²) in [5, 5.41) is 3.39. The van der Waals surface area contributed by atoms with E-state index in [1.54, 1.807) is 18.2 Å². The molecule has 5 nitrogen and oxygen atoms in total. The van der Waals surface area contributed by atoms with E-state index in [9.17, 15) is 9.59 Å². The fourth-order valence-corrected chi connectivity index (χ4v) is 3.05. The molecule has 134 valence electrons. The molecule has 6 heteroatoms. The SMILES string of the molecule is CC(C)CCNC(=O)c1ccc2c(=O)n(-c3ccccc3)c(=S)[nH]c2c1. The molecule has 0 saturated carbocycles. The number of nitrogens with zero attached hydrogens (tertiary/aromatic N) is 1. The summed E-state index contributed by atoms with van der Waals surface area (Å²) in [6.07, 6.45) is 0.920. The third-order valence-electron chi connectivity index (χ3n) is 4.18. The number of H-pyrrole nitrogens is 1. The van der Waals surface area contributed by atoms with Gasteiger partial charge in [-0.05, 0) is 54.9 Å². The number of nitrogens with one attached hydrogen (secondary N) is 2. The average molecular weight is 367 g/mol. The molecule has 2 aromatic carbocycles. The second-order valence-electron chi connectivity index (χ2n) is 6.61. The van der Waals surface area contributed by atoms with Gasteiger partial charge in [-0.25, -0.2) is 0 Å². The van der Waals surface area contributed by atoms with Gasteiger partial charge in [0.2, 0.25) is 0 Å². The molecule has 1 aromatic heterocycles. The lowest BCUT2D eigenvalue weighted by Crippen LogP contribution is -2.25. The Balaban J connectivity index is 1.98. The highest BCUT2D eigenvalue weighted by Gasteiger charge is 2.11. The van der Waals surface area contributed by atoms with Crippen LogP contribution in [0.15, 0.2) is 53.3 Å². The lowest BCUT2D eigenvalue weighted by molar-refractivity contribution is 0.0952. The zero-order chi connectivity index (χ0) is 18.7. The molecule has 0 radical (unpaired) electrons. The maximum atomic E-state index is 12.9. The Morgan fingerprint density at radius 1 is 1.19 bits per heavy atom. The number of aromatic nitrogens is 2. The first kappa shape index (κ1) is 18.1. The molecule has 0 fully saturated rings. The van der Waals surface area contributed by atoms with Gasteiger partial charge in [-0.15, -0.1) is 0 Å². The molecule has 0 spiro atoms. The Morgan fingerprint density at radius 3 is 2.62 bits per heavy atom. The predicted octanol–water partition coefficient (Wildman–Crippen LogP) is 3.82. The van der Waals surface area contributed by atoms with Crippen LogP contribution in [0, 0.1) is 10.7 Å². The molecule has 0 aliphatic heterocycles. The second-order valence-corrected chi connectivity index (χ2v) is 6.99. The van der Waals surface area contributed by atoms with Gasteiger partial charge in [0, 0.05) is 12.1 Å². The lowest BCUT2D eigenvalue weighted by Gasteiger charge is -2.10. The van der Waals surface area contributed by atoms with Crippen molar-refractivity contribution in [1.82, 2.24) is 14.9 Å². The van der Waals surface area contributed by atoms with E-state index in [4.69, 9.17) is 12.2 Å². The number of benzene rings is 2. The van der Waals surface area contributed by atoms with Crippen molar-refractivity contribution in [2.45, 2.75) is 20.3 Å². The largest absolute Gasteiger partial charge is 0.352 e. The number of hydrogen-bond acceptors (Lipinski definition) is 3. The number of carbonyl (C=O) groups excluding carboxylic acids is 1. The van der Waals surface area contributed by atoms with Crippen molar-refractivity contribution >= 4 is 29.0 Å². The van der Waals surface area contributed by atoms with Crippen molar-refractivity contribution in [2.24, 2.45) is 5.92 Å². The van der Waals surface area contributed by atoms with Crippen molar-refractivity contribution in [1.29, 1.82) is 0 Å². The predicted molar refractivity (Wildman–Crippen MR) is 107 cm³/mol. The zero-order valence-corrected chi connectivity index (χ0v) is 15.6. The summed E-state index contributed by atoms with van der Waals surface area (Å²) >= 11 is 5.36. The normalized spacial score (nSPS) is 11.0. The third kappa shape index (κ3) is 3.75. The number of para-hydroxylation sites is 1. The Morgan fingerprint density at radius 2 is 1.92 bits per heavy atom. The summed E-state index contributed by atoms with van der Waals surface area (Å²) in [6.45, 7) is 4.85. The van der Waals surface area contributed by atoms with Crippen LogP contribution in [0.25, 0.3) is 16.6 Å². The van der Waals surface area contributed by atoms with Crippen LogP contribution in [0.2, 0.25) is 0 Å². The monoisotopic (exact) mass is 367 g/mol. The molecule has 0 aliphatic rings. The molecule has 3 aromatic rings. The maximum Gasteiger partial charge on any atom is 0.266 e. The molecule has 0 saturated heterocycles. The third-order valence-corrected chi connectivity index (χ3v) is 4.47. The minimum atomic E-state index is -0.207. The van der Waals surface area contributed by atoms with Gasteiger partial charge in [-0.1, -0.05) is 32.0 Å². The molecule has 1 amide bonds. The van der Waals surface area contributed by atoms with Gasteiger partial charge in [0.15, 0.2) is 4.77 Å². The van der Waals surface area contributed by atoms with E-state index in [1.807, 2.05) is 30.3 Å². The van der Waals surface area contributed by atoms with Gasteiger partial charge in [-0.3, -0.25) is 14.2 Å². The number of amides is 1. The summed E-state index contributed by atoms with van der Waals surface area (Å²) in [5.74, 6) is 0.374. The minimum Gasteiger partial charge on any atom is -0.352 e. The highest BCUT2D eigenvalue weighted by Crippen LogP contribution is 2.13. The molecular formula is C20H21N3O2S. The number of rotatable bonds is 5. The molecular weight excluding hydrogens is 346 g/mol. The van der Waals surface area contributed by atoms with Gasteiger partial charge in [-0.2, -0.15) is 0 Å². The number of fused-ring (bicyclic) bond motifs is 1. The first-order valence-electron chi connectivity index (χ1n) is 8.60. The summed E-state index contributed by atoms with van der Waals surface area (Å²) in [6, 6.07) is 14.2. The van der Waals surface area contributed by atoms with Crippen LogP contribution in [0.4, 0.5) is 0 Å². The van der Waals surface area contributed by atoms with E-state index in [0.717, 1.165) is 6.42 Å². The van der Waals surface area contributed by atoms with Crippen LogP contribution in [0.5, 0.6) is 0 Å². The molecule has 0 bridgehead atoms. The van der Waals surface area contributed by atoms with E-state index in [-0.39, 0.29) is 11.5 Å². The number of aromatic amines is 1. The van der Waals surface area contributed by atoms with Crippen LogP contribution in [0.3, 0.4) is 0 Å². The van der Waals surface area contributed by atoms with Gasteiger partial charge in [0.25, 0.3) is 11.5 Å². The van der Waals surface area contributed by atoms with E-state index < -0.39 is 0 Å². The molecule has 0 atom stereocenters. The summed E-state index contributed by atoms with van der Waals surface area (Å²) in [4.78, 5) is 28.2. The maximum absolute atomic E-state index is 12.9. The smallest absolute Gasteiger partial charge is 0.266 e. The standard InChI is InChI=1S/C20H21N3O2S/c1-13(2)10-11-21-18(24)14-8-9-16-17(12-14)22-20(26)23(19(16)25)15-6-4-3-5-7-15/h3-9,12-13H,10-11H2,1-2H3,(H,21,24)(H,22,26). The Kier molecular flexibility index (Phi) is 5.32. The molecule has 1 heterocycles. The minimum absolute atomic E-state index is 0.154. The highest BCUT2D eigenvalue weighted by molar-refractivity contribution is 7.71. The molecule has 2 N–H and O–H groups in total. The number of hydrogen-bond donors (Lipinski definition) is 2. The van der Waals surface area contributed by atoms with E-state index in [0.29, 0.717) is 39.4 Å². The van der Waals surface area contributed by atoms with Crippen LogP contribution < -0.4 is 10.9 Å². The Bertz CT molecular complexity index is 1050. The van der Waals surface area contributed by atoms with Gasteiger partial charge in [0.1, 0.15) is 0 Å². The van der Waals surface area contributed by atoms with Crippen LogP contribution in [0.1, 0.15) is 30.6 Å². The first-order chi connectivity index (χ1) is 12.5. The average Bonchev–Trinajstić information content (AvgIpc) is 2.61. The Labute approximate surface area is 156 Å². The summed E-state index contributed by atoms with van der Waals surface area (Å²) in [7, 11) is 0. The number of carbonyl (C=O) groups is 1. The van der Waals surface area contributed by atoms with E-state index in [2.05, 4.69) is 24.1 Å². The zero-order valence-electron chi connectivity index (χ0n) is 14.8. The lowest BCUT2D eigenvalue weighted by atomic mass is 10.1. The molecule has 0 aliphatic carbocycles. The first-order valence-corrected chi connectivity index (χ1v) is 9.01. The summed E-state index contributed by atoms with van der Waals surface area (Å²) in [5.41, 5.74) is 1.56. The van der Waals surface area contributed by atoms with Crippen molar-refractivity contribution in [3.05, 3.63) is 69.2 Å². The fourth-order valence-electron chi connectivity index (χ4n) is 2.75. The van der Waals surface area contributed by atoms with Crippen LogP contribution in [-0.4, -0.2) is 22.0 Å². The van der Waals surface area contributed by atoms with Crippen LogP contribution >= 0.6 is 12.2 Å².